The summed E-state index contributed by atoms with van der Waals surface area (Å²) in [5.74, 6) is 0.424. The fourth-order valence-electron chi connectivity index (χ4n) is 4.69. The van der Waals surface area contributed by atoms with E-state index in [1.165, 1.54) is 23.8 Å². The Kier molecular flexibility index (Phi) is 7.37. The number of likely N-dealkylation sites (tertiary alicyclic amines) is 1. The highest BCUT2D eigenvalue weighted by atomic mass is 16.5. The molecule has 1 unspecified atom stereocenters. The summed E-state index contributed by atoms with van der Waals surface area (Å²) in [6.07, 6.45) is 6.13. The lowest BCUT2D eigenvalue weighted by Gasteiger charge is -2.34. The predicted octanol–water partition coefficient (Wildman–Crippen LogP) is 4.62. The van der Waals surface area contributed by atoms with E-state index in [1.54, 1.807) is 11.6 Å². The Bertz CT molecular complexity index is 1120. The highest BCUT2D eigenvalue weighted by Crippen LogP contribution is 2.32. The second-order valence-electron chi connectivity index (χ2n) is 8.62. The third kappa shape index (κ3) is 5.41. The summed E-state index contributed by atoms with van der Waals surface area (Å²) in [4.78, 5) is 19.1. The molecule has 0 spiro atoms. The van der Waals surface area contributed by atoms with Crippen molar-refractivity contribution in [3.8, 4) is 11.4 Å². The number of aromatic nitrogens is 2. The first-order chi connectivity index (χ1) is 16.1. The van der Waals surface area contributed by atoms with E-state index in [9.17, 15) is 4.79 Å². The molecule has 2 N–H and O–H groups in total. The second kappa shape index (κ2) is 10.6. The molecular weight excluding hydrogens is 412 g/mol. The second-order valence-corrected chi connectivity index (χ2v) is 8.62. The standard InChI is InChI=1S/C27H32N4O2/c1-3-30-16-8-13-24(19-30)31-20(2)25(18-21-9-5-4-6-10-21)28-27(31)23-12-7-11-22(17-23)14-15-26(32)29-33/h4-7,9-12,14-15,17,24,33H,3,8,13,16,18-19H2,1-2H3,(H,29,32)/b15-14+. The van der Waals surface area contributed by atoms with E-state index in [1.807, 2.05) is 24.3 Å². The van der Waals surface area contributed by atoms with E-state index in [0.29, 0.717) is 6.04 Å². The summed E-state index contributed by atoms with van der Waals surface area (Å²) in [5, 5.41) is 8.75. The maximum atomic E-state index is 11.4. The first kappa shape index (κ1) is 23.0. The number of hydrogen-bond acceptors (Lipinski definition) is 4. The van der Waals surface area contributed by atoms with Crippen molar-refractivity contribution in [3.05, 3.63) is 83.2 Å². The van der Waals surface area contributed by atoms with Gasteiger partial charge < -0.3 is 9.47 Å². The van der Waals surface area contributed by atoms with Crippen LogP contribution in [0.3, 0.4) is 0 Å². The Labute approximate surface area is 195 Å². The van der Waals surface area contributed by atoms with E-state index in [4.69, 9.17) is 10.2 Å². The van der Waals surface area contributed by atoms with Gasteiger partial charge in [0.2, 0.25) is 0 Å². The monoisotopic (exact) mass is 444 g/mol. The van der Waals surface area contributed by atoms with Gasteiger partial charge in [-0.3, -0.25) is 10.0 Å². The molecule has 1 atom stereocenters. The van der Waals surface area contributed by atoms with E-state index in [0.717, 1.165) is 55.1 Å². The zero-order valence-corrected chi connectivity index (χ0v) is 19.4. The zero-order chi connectivity index (χ0) is 23.2. The average molecular weight is 445 g/mol. The molecule has 1 aliphatic rings. The third-order valence-corrected chi connectivity index (χ3v) is 6.44. The number of rotatable bonds is 7. The lowest BCUT2D eigenvalue weighted by atomic mass is 10.0. The molecule has 2 heterocycles. The number of nitrogens with zero attached hydrogens (tertiary/aromatic N) is 3. The van der Waals surface area contributed by atoms with E-state index in [-0.39, 0.29) is 0 Å². The van der Waals surface area contributed by atoms with Crippen molar-refractivity contribution in [2.75, 3.05) is 19.6 Å². The number of likely N-dealkylation sites (N-methyl/N-ethyl adjacent to an activating group) is 1. The van der Waals surface area contributed by atoms with Crippen molar-refractivity contribution in [1.29, 1.82) is 0 Å². The van der Waals surface area contributed by atoms with Crippen molar-refractivity contribution < 1.29 is 10.0 Å². The number of carbonyl (C=O) groups is 1. The molecule has 0 aliphatic carbocycles. The SMILES string of the molecule is CCN1CCCC(n2c(-c3cccc(/C=C/C(=O)NO)c3)nc(Cc3ccccc3)c2C)C1. The van der Waals surface area contributed by atoms with Gasteiger partial charge in [-0.1, -0.05) is 55.5 Å². The maximum Gasteiger partial charge on any atom is 0.267 e. The van der Waals surface area contributed by atoms with E-state index >= 15 is 0 Å². The van der Waals surface area contributed by atoms with Gasteiger partial charge in [-0.2, -0.15) is 0 Å². The van der Waals surface area contributed by atoms with Crippen LogP contribution in [0.15, 0.2) is 60.7 Å². The van der Waals surface area contributed by atoms with Crippen LogP contribution in [0, 0.1) is 6.92 Å². The Morgan fingerprint density at radius 2 is 2.03 bits per heavy atom. The lowest BCUT2D eigenvalue weighted by molar-refractivity contribution is -0.124. The van der Waals surface area contributed by atoms with Crippen molar-refractivity contribution in [2.45, 2.75) is 39.2 Å². The average Bonchev–Trinajstić information content (AvgIpc) is 3.19. The van der Waals surface area contributed by atoms with Crippen LogP contribution < -0.4 is 5.48 Å². The molecule has 1 saturated heterocycles. The molecule has 1 aliphatic heterocycles. The Morgan fingerprint density at radius 3 is 2.79 bits per heavy atom. The van der Waals surface area contributed by atoms with Crippen LogP contribution in [0.25, 0.3) is 17.5 Å². The molecule has 6 heteroatoms. The number of carbonyl (C=O) groups excluding carboxylic acids is 1. The molecule has 0 saturated carbocycles. The van der Waals surface area contributed by atoms with Crippen LogP contribution in [-0.4, -0.2) is 45.2 Å². The van der Waals surface area contributed by atoms with Gasteiger partial charge in [0.15, 0.2) is 0 Å². The molecule has 1 amide bonds. The van der Waals surface area contributed by atoms with Gasteiger partial charge in [-0.05, 0) is 56.1 Å². The number of piperidine rings is 1. The first-order valence-electron chi connectivity index (χ1n) is 11.7. The molecule has 2 aromatic carbocycles. The zero-order valence-electron chi connectivity index (χ0n) is 19.4. The normalized spacial score (nSPS) is 16.9. The minimum Gasteiger partial charge on any atom is -0.324 e. The first-order valence-corrected chi connectivity index (χ1v) is 11.7. The number of hydrogen-bond donors (Lipinski definition) is 2. The van der Waals surface area contributed by atoms with Crippen molar-refractivity contribution >= 4 is 12.0 Å². The topological polar surface area (TPSA) is 70.4 Å². The van der Waals surface area contributed by atoms with Gasteiger partial charge >= 0.3 is 0 Å². The molecule has 172 valence electrons. The van der Waals surface area contributed by atoms with Crippen LogP contribution >= 0.6 is 0 Å². The molecule has 1 fully saturated rings. The number of imidazole rings is 1. The molecule has 3 aromatic rings. The van der Waals surface area contributed by atoms with Crippen LogP contribution in [-0.2, 0) is 11.2 Å². The fraction of sp³-hybridized carbons (Fsp3) is 0.333. The van der Waals surface area contributed by atoms with Crippen LogP contribution in [0.4, 0.5) is 0 Å². The number of benzene rings is 2. The van der Waals surface area contributed by atoms with Crippen molar-refractivity contribution in [2.24, 2.45) is 0 Å². The minimum absolute atomic E-state index is 0.380. The lowest BCUT2D eigenvalue weighted by Crippen LogP contribution is -2.36. The van der Waals surface area contributed by atoms with Crippen molar-refractivity contribution in [1.82, 2.24) is 19.9 Å². The summed E-state index contributed by atoms with van der Waals surface area (Å²) in [5.41, 5.74) is 7.11. The van der Waals surface area contributed by atoms with Crippen LogP contribution in [0.5, 0.6) is 0 Å². The number of nitrogens with one attached hydrogen (secondary N) is 1. The van der Waals surface area contributed by atoms with Crippen LogP contribution in [0.2, 0.25) is 0 Å². The summed E-state index contributed by atoms with van der Waals surface area (Å²) in [6.45, 7) is 7.66. The Hall–Kier alpha value is -3.22. The summed E-state index contributed by atoms with van der Waals surface area (Å²) >= 11 is 0. The van der Waals surface area contributed by atoms with Gasteiger partial charge in [0.25, 0.3) is 5.91 Å². The summed E-state index contributed by atoms with van der Waals surface area (Å²) in [6, 6.07) is 18.9. The fourth-order valence-corrected chi connectivity index (χ4v) is 4.69. The highest BCUT2D eigenvalue weighted by Gasteiger charge is 2.26. The smallest absolute Gasteiger partial charge is 0.267 e. The van der Waals surface area contributed by atoms with Gasteiger partial charge in [0, 0.05) is 36.3 Å². The van der Waals surface area contributed by atoms with E-state index in [2.05, 4.69) is 53.6 Å². The molecule has 6 nitrogen and oxygen atoms in total. The van der Waals surface area contributed by atoms with Gasteiger partial charge in [0.05, 0.1) is 5.69 Å². The van der Waals surface area contributed by atoms with Gasteiger partial charge in [0.1, 0.15) is 5.82 Å². The number of amides is 1. The molecule has 0 radical (unpaired) electrons. The largest absolute Gasteiger partial charge is 0.324 e. The molecule has 0 bridgehead atoms. The summed E-state index contributed by atoms with van der Waals surface area (Å²) < 4.78 is 2.43. The van der Waals surface area contributed by atoms with Crippen molar-refractivity contribution in [3.63, 3.8) is 0 Å². The van der Waals surface area contributed by atoms with Gasteiger partial charge in [-0.25, -0.2) is 10.5 Å². The van der Waals surface area contributed by atoms with Gasteiger partial charge in [-0.15, -0.1) is 0 Å². The summed E-state index contributed by atoms with van der Waals surface area (Å²) in [7, 11) is 0. The molecular formula is C27H32N4O2. The number of hydroxylamine groups is 1. The highest BCUT2D eigenvalue weighted by molar-refractivity contribution is 5.91. The molecule has 4 rings (SSSR count). The molecule has 1 aromatic heterocycles. The Balaban J connectivity index is 1.75. The Morgan fingerprint density at radius 1 is 1.21 bits per heavy atom. The van der Waals surface area contributed by atoms with Crippen LogP contribution in [0.1, 0.15) is 48.3 Å². The van der Waals surface area contributed by atoms with E-state index < -0.39 is 5.91 Å². The predicted molar refractivity (Wildman–Crippen MR) is 131 cm³/mol. The third-order valence-electron chi connectivity index (χ3n) is 6.44. The maximum absolute atomic E-state index is 11.4. The quantitative estimate of drug-likeness (QED) is 0.317. The minimum atomic E-state index is -0.551. The molecule has 33 heavy (non-hydrogen) atoms.